The molecule has 0 aliphatic carbocycles. The Balaban J connectivity index is 2.09. The Morgan fingerprint density at radius 3 is 2.61 bits per heavy atom. The van der Waals surface area contributed by atoms with E-state index in [1.54, 1.807) is 36.5 Å². The van der Waals surface area contributed by atoms with E-state index in [0.29, 0.717) is 22.3 Å². The number of nitrogens with zero attached hydrogens (tertiary/aromatic N) is 1. The number of rotatable bonds is 6. The average Bonchev–Trinajstić information content (AvgIpc) is 2.64. The number of benzene rings is 2. The molecular weight excluding hydrogens is 359 g/mol. The molecule has 0 bridgehead atoms. The van der Waals surface area contributed by atoms with Crippen LogP contribution < -0.4 is 21.5 Å². The zero-order valence-electron chi connectivity index (χ0n) is 16.0. The second kappa shape index (κ2) is 7.44. The van der Waals surface area contributed by atoms with Crippen molar-refractivity contribution in [2.75, 3.05) is 12.4 Å². The van der Waals surface area contributed by atoms with E-state index in [1.807, 2.05) is 19.9 Å². The summed E-state index contributed by atoms with van der Waals surface area (Å²) in [6.45, 7) is 3.70. The number of hydrogen-bond donors (Lipinski definition) is 3. The molecule has 1 amide bonds. The minimum atomic E-state index is -0.724. The predicted molar refractivity (Wildman–Crippen MR) is 108 cm³/mol. The second-order valence-corrected chi connectivity index (χ2v) is 7.22. The summed E-state index contributed by atoms with van der Waals surface area (Å²) in [5.41, 5.74) is 13.3. The smallest absolute Gasteiger partial charge is 0.250 e. The van der Waals surface area contributed by atoms with Crippen molar-refractivity contribution in [2.24, 2.45) is 11.5 Å². The minimum Gasteiger partial charge on any atom is -0.494 e. The Labute approximate surface area is 162 Å². The fourth-order valence-electron chi connectivity index (χ4n) is 3.22. The average molecular weight is 382 g/mol. The first-order valence-corrected chi connectivity index (χ1v) is 8.78. The van der Waals surface area contributed by atoms with Gasteiger partial charge in [-0.25, -0.2) is 4.39 Å². The fraction of sp³-hybridized carbons (Fsp3) is 0.238. The van der Waals surface area contributed by atoms with Crippen LogP contribution in [0.3, 0.4) is 0 Å². The summed E-state index contributed by atoms with van der Waals surface area (Å²) >= 11 is 0. The van der Waals surface area contributed by atoms with E-state index >= 15 is 0 Å². The van der Waals surface area contributed by atoms with Gasteiger partial charge in [0.25, 0.3) is 5.91 Å². The van der Waals surface area contributed by atoms with Gasteiger partial charge in [0.2, 0.25) is 0 Å². The maximum Gasteiger partial charge on any atom is 0.250 e. The molecule has 0 radical (unpaired) electrons. The van der Waals surface area contributed by atoms with Crippen LogP contribution in [0.2, 0.25) is 0 Å². The first-order chi connectivity index (χ1) is 13.2. The van der Waals surface area contributed by atoms with Crippen molar-refractivity contribution < 1.29 is 13.9 Å². The molecule has 0 aliphatic rings. The van der Waals surface area contributed by atoms with Crippen molar-refractivity contribution in [3.63, 3.8) is 0 Å². The van der Waals surface area contributed by atoms with Crippen LogP contribution in [0.5, 0.6) is 5.75 Å². The number of nitrogens with two attached hydrogens (primary N) is 2. The number of halogens is 1. The summed E-state index contributed by atoms with van der Waals surface area (Å²) in [5.74, 6) is -0.854. The Morgan fingerprint density at radius 2 is 2.00 bits per heavy atom. The molecule has 0 fully saturated rings. The van der Waals surface area contributed by atoms with E-state index in [0.717, 1.165) is 5.39 Å². The number of nitrogens with one attached hydrogen (secondary N) is 1. The fourth-order valence-corrected chi connectivity index (χ4v) is 3.22. The lowest BCUT2D eigenvalue weighted by molar-refractivity contribution is 0.100. The van der Waals surface area contributed by atoms with Gasteiger partial charge in [-0.3, -0.25) is 9.78 Å². The summed E-state index contributed by atoms with van der Waals surface area (Å²) in [6.07, 6.45) is 1.59. The zero-order chi connectivity index (χ0) is 20.5. The number of para-hydroxylation sites is 1. The van der Waals surface area contributed by atoms with Gasteiger partial charge >= 0.3 is 0 Å². The van der Waals surface area contributed by atoms with E-state index in [1.165, 1.54) is 13.2 Å². The van der Waals surface area contributed by atoms with E-state index in [4.69, 9.17) is 16.2 Å². The molecule has 28 heavy (non-hydrogen) atoms. The van der Waals surface area contributed by atoms with Crippen LogP contribution in [0.1, 0.15) is 35.8 Å². The highest BCUT2D eigenvalue weighted by Gasteiger charge is 2.28. The lowest BCUT2D eigenvalue weighted by Crippen LogP contribution is -2.43. The maximum atomic E-state index is 14.3. The lowest BCUT2D eigenvalue weighted by atomic mass is 9.89. The van der Waals surface area contributed by atoms with Crippen molar-refractivity contribution >= 4 is 22.5 Å². The third-order valence-corrected chi connectivity index (χ3v) is 4.59. The molecule has 7 heteroatoms. The van der Waals surface area contributed by atoms with Gasteiger partial charge in [0.05, 0.1) is 24.2 Å². The van der Waals surface area contributed by atoms with E-state index in [9.17, 15) is 9.18 Å². The summed E-state index contributed by atoms with van der Waals surface area (Å²) in [6, 6.07) is 11.3. The first-order valence-electron chi connectivity index (χ1n) is 8.78. The Hall–Kier alpha value is -3.19. The Bertz CT molecular complexity index is 1030. The molecule has 0 aliphatic heterocycles. The lowest BCUT2D eigenvalue weighted by Gasteiger charge is -2.33. The molecule has 1 aromatic heterocycles. The number of carbonyl (C=O) groups excluding carboxylic acids is 1. The molecule has 146 valence electrons. The molecule has 1 heterocycles. The number of methoxy groups -OCH3 is 1. The van der Waals surface area contributed by atoms with Gasteiger partial charge in [-0.2, -0.15) is 0 Å². The van der Waals surface area contributed by atoms with E-state index < -0.39 is 23.3 Å². The molecular formula is C21H23FN4O2. The van der Waals surface area contributed by atoms with Gasteiger partial charge < -0.3 is 21.5 Å². The number of ether oxygens (including phenoxy) is 1. The Kier molecular flexibility index (Phi) is 5.20. The predicted octanol–water partition coefficient (Wildman–Crippen LogP) is 3.37. The van der Waals surface area contributed by atoms with Crippen LogP contribution >= 0.6 is 0 Å². The molecule has 0 spiro atoms. The summed E-state index contributed by atoms with van der Waals surface area (Å²) in [4.78, 5) is 16.0. The van der Waals surface area contributed by atoms with Crippen molar-refractivity contribution in [1.82, 2.24) is 4.98 Å². The normalized spacial score (nSPS) is 12.6. The molecule has 1 atom stereocenters. The van der Waals surface area contributed by atoms with Crippen LogP contribution in [0.25, 0.3) is 10.9 Å². The second-order valence-electron chi connectivity index (χ2n) is 7.22. The summed E-state index contributed by atoms with van der Waals surface area (Å²) in [5, 5.41) is 4.11. The molecule has 3 rings (SSSR count). The van der Waals surface area contributed by atoms with Crippen LogP contribution in [0.4, 0.5) is 10.1 Å². The van der Waals surface area contributed by atoms with Crippen LogP contribution in [-0.2, 0) is 0 Å². The number of aromatic nitrogens is 1. The van der Waals surface area contributed by atoms with Crippen LogP contribution in [0.15, 0.2) is 48.7 Å². The van der Waals surface area contributed by atoms with Gasteiger partial charge in [-0.15, -0.1) is 0 Å². The van der Waals surface area contributed by atoms with Crippen LogP contribution in [-0.4, -0.2) is 23.5 Å². The van der Waals surface area contributed by atoms with E-state index in [2.05, 4.69) is 10.3 Å². The molecule has 2 aromatic carbocycles. The standard InChI is InChI=1S/C21H23FN4O2/c1-21(2,24)19(12-7-8-17(28-3)15(22)11-12)26-16-9-10-25-18-13(16)5-4-6-14(18)20(23)27/h4-11,19H,24H2,1-3H3,(H2,23,27)(H,25,26)/t19-/m0/s1. The molecule has 3 aromatic rings. The van der Waals surface area contributed by atoms with Gasteiger partial charge in [0, 0.05) is 22.8 Å². The highest BCUT2D eigenvalue weighted by atomic mass is 19.1. The summed E-state index contributed by atoms with van der Waals surface area (Å²) < 4.78 is 19.3. The number of pyridine rings is 1. The number of carbonyl (C=O) groups is 1. The largest absolute Gasteiger partial charge is 0.494 e. The third kappa shape index (κ3) is 3.75. The van der Waals surface area contributed by atoms with Gasteiger partial charge in [-0.05, 0) is 43.7 Å². The quantitative estimate of drug-likeness (QED) is 0.606. The van der Waals surface area contributed by atoms with Gasteiger partial charge in [-0.1, -0.05) is 18.2 Å². The molecule has 0 saturated heterocycles. The topological polar surface area (TPSA) is 103 Å². The van der Waals surface area contributed by atoms with Gasteiger partial charge in [0.15, 0.2) is 11.6 Å². The summed E-state index contributed by atoms with van der Waals surface area (Å²) in [7, 11) is 1.42. The van der Waals surface area contributed by atoms with Crippen molar-refractivity contribution in [2.45, 2.75) is 25.4 Å². The number of fused-ring (bicyclic) bond motifs is 1. The minimum absolute atomic E-state index is 0.165. The number of hydrogen-bond acceptors (Lipinski definition) is 5. The van der Waals surface area contributed by atoms with E-state index in [-0.39, 0.29) is 5.75 Å². The molecule has 5 N–H and O–H groups in total. The van der Waals surface area contributed by atoms with Crippen molar-refractivity contribution in [3.05, 3.63) is 65.6 Å². The SMILES string of the molecule is COc1ccc([C@H](Nc2ccnc3c(C(N)=O)cccc23)C(C)(C)N)cc1F. The Morgan fingerprint density at radius 1 is 1.25 bits per heavy atom. The van der Waals surface area contributed by atoms with Crippen molar-refractivity contribution in [3.8, 4) is 5.75 Å². The first kappa shape index (κ1) is 19.6. The molecule has 6 nitrogen and oxygen atoms in total. The van der Waals surface area contributed by atoms with Gasteiger partial charge in [0.1, 0.15) is 0 Å². The maximum absolute atomic E-state index is 14.3. The number of anilines is 1. The molecule has 0 unspecified atom stereocenters. The van der Waals surface area contributed by atoms with Crippen molar-refractivity contribution in [1.29, 1.82) is 0 Å². The van der Waals surface area contributed by atoms with Crippen LogP contribution in [0, 0.1) is 5.82 Å². The molecule has 0 saturated carbocycles. The number of primary amides is 1. The highest BCUT2D eigenvalue weighted by Crippen LogP contribution is 2.33. The number of amides is 1. The highest BCUT2D eigenvalue weighted by molar-refractivity contribution is 6.07. The zero-order valence-corrected chi connectivity index (χ0v) is 16.0. The monoisotopic (exact) mass is 382 g/mol. The third-order valence-electron chi connectivity index (χ3n) is 4.59.